The zero-order chi connectivity index (χ0) is 37.5. The maximum atomic E-state index is 6.13. The predicted molar refractivity (Wildman–Crippen MR) is 234 cm³/mol. The van der Waals surface area contributed by atoms with Crippen molar-refractivity contribution in [2.45, 2.75) is 0 Å². The van der Waals surface area contributed by atoms with E-state index in [-0.39, 0.29) is 0 Å². The van der Waals surface area contributed by atoms with Gasteiger partial charge in [-0.3, -0.25) is 4.98 Å². The van der Waals surface area contributed by atoms with Gasteiger partial charge in [-0.15, -0.1) is 0 Å². The molecule has 7 aromatic carbocycles. The third kappa shape index (κ3) is 4.96. The molecule has 0 bridgehead atoms. The number of hydrogen-bond donors (Lipinski definition) is 0. The fraction of sp³-hybridized carbons (Fsp3) is 0. The number of rotatable bonds is 5. The molecule has 12 rings (SSSR count). The fourth-order valence-electron chi connectivity index (χ4n) is 8.74. The maximum Gasteiger partial charge on any atom is 0.153 e. The minimum atomic E-state index is 0.796. The highest BCUT2D eigenvalue weighted by molar-refractivity contribution is 6.13. The first-order valence-electron chi connectivity index (χ1n) is 19.2. The number of fused-ring (bicyclic) bond motifs is 9. The molecule has 5 heterocycles. The van der Waals surface area contributed by atoms with Gasteiger partial charge in [0.05, 0.1) is 39.1 Å². The molecule has 0 radical (unpaired) electrons. The quantitative estimate of drug-likeness (QED) is 0.177. The average molecular weight is 729 g/mol. The van der Waals surface area contributed by atoms with E-state index in [0.717, 1.165) is 89.2 Å². The van der Waals surface area contributed by atoms with Gasteiger partial charge in [-0.2, -0.15) is 0 Å². The minimum absolute atomic E-state index is 0.796. The highest BCUT2D eigenvalue weighted by atomic mass is 16.3. The molecule has 0 unspecified atom stereocenters. The van der Waals surface area contributed by atoms with Gasteiger partial charge < -0.3 is 13.6 Å². The van der Waals surface area contributed by atoms with E-state index < -0.39 is 0 Å². The Labute approximate surface area is 327 Å². The summed E-state index contributed by atoms with van der Waals surface area (Å²) < 4.78 is 10.9. The van der Waals surface area contributed by atoms with Gasteiger partial charge in [-0.05, 0) is 83.9 Å². The summed E-state index contributed by atoms with van der Waals surface area (Å²) in [5.41, 5.74) is 15.6. The van der Waals surface area contributed by atoms with Crippen molar-refractivity contribution in [2.24, 2.45) is 0 Å². The molecule has 0 saturated heterocycles. The van der Waals surface area contributed by atoms with Gasteiger partial charge in [-0.25, -0.2) is 4.98 Å². The van der Waals surface area contributed by atoms with Crippen LogP contribution in [0.1, 0.15) is 0 Å². The molecule has 12 aromatic rings. The summed E-state index contributed by atoms with van der Waals surface area (Å²) in [5.74, 6) is 0. The van der Waals surface area contributed by atoms with Crippen LogP contribution in [0.5, 0.6) is 0 Å². The van der Waals surface area contributed by atoms with Gasteiger partial charge in [0.15, 0.2) is 5.58 Å². The van der Waals surface area contributed by atoms with Crippen LogP contribution in [0.3, 0.4) is 0 Å². The number of nitrogens with zero attached hydrogens (tertiary/aromatic N) is 4. The van der Waals surface area contributed by atoms with Crippen molar-refractivity contribution in [1.82, 2.24) is 19.1 Å². The van der Waals surface area contributed by atoms with Crippen LogP contribution in [0, 0.1) is 0 Å². The third-order valence-electron chi connectivity index (χ3n) is 11.4. The Bertz CT molecular complexity index is 3460. The van der Waals surface area contributed by atoms with E-state index in [1.165, 1.54) is 21.5 Å². The van der Waals surface area contributed by atoms with Crippen molar-refractivity contribution < 1.29 is 4.42 Å². The number of hydrogen-bond acceptors (Lipinski definition) is 3. The number of para-hydroxylation sites is 2. The molecule has 266 valence electrons. The molecule has 0 aliphatic heterocycles. The molecule has 0 N–H and O–H groups in total. The van der Waals surface area contributed by atoms with Crippen LogP contribution in [-0.2, 0) is 0 Å². The first-order chi connectivity index (χ1) is 28.2. The van der Waals surface area contributed by atoms with Crippen molar-refractivity contribution in [3.63, 3.8) is 0 Å². The summed E-state index contributed by atoms with van der Waals surface area (Å²) in [6.45, 7) is 0. The number of pyridine rings is 2. The Morgan fingerprint density at radius 3 is 1.68 bits per heavy atom. The first kappa shape index (κ1) is 31.6. The number of aromatic nitrogens is 4. The van der Waals surface area contributed by atoms with E-state index in [1.54, 1.807) is 0 Å². The van der Waals surface area contributed by atoms with Gasteiger partial charge >= 0.3 is 0 Å². The van der Waals surface area contributed by atoms with Crippen LogP contribution in [-0.4, -0.2) is 19.1 Å². The van der Waals surface area contributed by atoms with Gasteiger partial charge in [0.25, 0.3) is 0 Å². The molecule has 0 aliphatic carbocycles. The third-order valence-corrected chi connectivity index (χ3v) is 11.4. The van der Waals surface area contributed by atoms with E-state index in [0.29, 0.717) is 0 Å². The Balaban J connectivity index is 1.05. The van der Waals surface area contributed by atoms with Crippen LogP contribution >= 0.6 is 0 Å². The van der Waals surface area contributed by atoms with Crippen molar-refractivity contribution in [1.29, 1.82) is 0 Å². The zero-order valence-corrected chi connectivity index (χ0v) is 30.7. The van der Waals surface area contributed by atoms with Gasteiger partial charge in [0.2, 0.25) is 0 Å². The summed E-state index contributed by atoms with van der Waals surface area (Å²) in [6, 6.07) is 66.8. The molecule has 0 amide bonds. The number of furan rings is 1. The summed E-state index contributed by atoms with van der Waals surface area (Å²) in [5, 5.41) is 5.85. The molecular weight excluding hydrogens is 697 g/mol. The van der Waals surface area contributed by atoms with Crippen molar-refractivity contribution in [2.75, 3.05) is 0 Å². The van der Waals surface area contributed by atoms with Gasteiger partial charge in [0.1, 0.15) is 11.1 Å². The second-order valence-corrected chi connectivity index (χ2v) is 14.6. The lowest BCUT2D eigenvalue weighted by Gasteiger charge is -2.14. The Kier molecular flexibility index (Phi) is 6.86. The lowest BCUT2D eigenvalue weighted by molar-refractivity contribution is 0.668. The van der Waals surface area contributed by atoms with E-state index >= 15 is 0 Å². The average Bonchev–Trinajstić information content (AvgIpc) is 3.94. The molecule has 0 fully saturated rings. The zero-order valence-electron chi connectivity index (χ0n) is 30.7. The second-order valence-electron chi connectivity index (χ2n) is 14.6. The lowest BCUT2D eigenvalue weighted by Crippen LogP contribution is -1.98. The van der Waals surface area contributed by atoms with Crippen LogP contribution < -0.4 is 0 Å². The molecule has 5 heteroatoms. The molecule has 5 aromatic heterocycles. The van der Waals surface area contributed by atoms with Crippen LogP contribution in [0.2, 0.25) is 0 Å². The topological polar surface area (TPSA) is 48.8 Å². The Morgan fingerprint density at radius 1 is 0.351 bits per heavy atom. The summed E-state index contributed by atoms with van der Waals surface area (Å²) >= 11 is 0. The Morgan fingerprint density at radius 2 is 0.947 bits per heavy atom. The van der Waals surface area contributed by atoms with Crippen molar-refractivity contribution in [3.8, 4) is 45.0 Å². The maximum absolute atomic E-state index is 6.13. The molecule has 0 atom stereocenters. The molecular formula is C52H32N4O. The van der Waals surface area contributed by atoms with Crippen molar-refractivity contribution in [3.05, 3.63) is 194 Å². The van der Waals surface area contributed by atoms with Crippen LogP contribution in [0.15, 0.2) is 199 Å². The van der Waals surface area contributed by atoms with Crippen molar-refractivity contribution >= 4 is 65.7 Å². The summed E-state index contributed by atoms with van der Waals surface area (Å²) in [4.78, 5) is 9.84. The molecule has 0 aliphatic rings. The van der Waals surface area contributed by atoms with Crippen LogP contribution in [0.4, 0.5) is 0 Å². The monoisotopic (exact) mass is 728 g/mol. The van der Waals surface area contributed by atoms with E-state index in [9.17, 15) is 0 Å². The first-order valence-corrected chi connectivity index (χ1v) is 19.2. The largest absolute Gasteiger partial charge is 0.454 e. The molecule has 5 nitrogen and oxygen atoms in total. The SMILES string of the molecule is c1ccc(-c2cc(-n3c4ccccc4c4ccc(-c5ccc6c(c5)c5ccccc5n6-c5ccc6oc7cccnc7c6c5)cc43)cc(-c3ccccc3)n2)cc1. The van der Waals surface area contributed by atoms with E-state index in [4.69, 9.17) is 9.40 Å². The Hall–Kier alpha value is -7.76. The minimum Gasteiger partial charge on any atom is -0.454 e. The second kappa shape index (κ2) is 12.4. The highest BCUT2D eigenvalue weighted by Gasteiger charge is 2.19. The summed E-state index contributed by atoms with van der Waals surface area (Å²) in [6.07, 6.45) is 1.82. The normalized spacial score (nSPS) is 11.9. The predicted octanol–water partition coefficient (Wildman–Crippen LogP) is 13.6. The van der Waals surface area contributed by atoms with Crippen LogP contribution in [0.25, 0.3) is 111 Å². The highest BCUT2D eigenvalue weighted by Crippen LogP contribution is 2.40. The molecule has 57 heavy (non-hydrogen) atoms. The van der Waals surface area contributed by atoms with E-state index in [2.05, 4.69) is 178 Å². The summed E-state index contributed by atoms with van der Waals surface area (Å²) in [7, 11) is 0. The number of benzene rings is 7. The van der Waals surface area contributed by atoms with Gasteiger partial charge in [0, 0.05) is 49.9 Å². The lowest BCUT2D eigenvalue weighted by atomic mass is 10.0. The van der Waals surface area contributed by atoms with Gasteiger partial charge in [-0.1, -0.05) is 115 Å². The fourth-order valence-corrected chi connectivity index (χ4v) is 8.74. The smallest absolute Gasteiger partial charge is 0.153 e. The molecule has 0 spiro atoms. The molecule has 0 saturated carbocycles. The van der Waals surface area contributed by atoms with E-state index in [1.807, 2.05) is 30.5 Å². The standard InChI is InChI=1S/C52H32N4O/c1-3-12-33(13-4-1)44-31-38(32-45(54-44)34-14-5-2-6-15-34)56-46-18-9-7-16-39(46)41-24-21-36(29-49(41)56)35-22-25-48-42(28-35)40-17-8-10-19-47(40)55(48)37-23-26-50-43(30-37)52-51(57-50)20-11-27-53-52/h1-32H.